The molecule has 0 fully saturated rings. The first-order chi connectivity index (χ1) is 9.08. The van der Waals surface area contributed by atoms with Crippen molar-refractivity contribution in [1.29, 1.82) is 0 Å². The Bertz CT molecular complexity index is 548. The van der Waals surface area contributed by atoms with Gasteiger partial charge in [0.15, 0.2) is 0 Å². The predicted molar refractivity (Wildman–Crippen MR) is 75.0 cm³/mol. The van der Waals surface area contributed by atoms with Crippen LogP contribution in [0.2, 0.25) is 0 Å². The summed E-state index contributed by atoms with van der Waals surface area (Å²) in [6.45, 7) is 3.62. The maximum Gasteiger partial charge on any atom is 0.228 e. The summed E-state index contributed by atoms with van der Waals surface area (Å²) in [5.41, 5.74) is 7.32. The van der Waals surface area contributed by atoms with Gasteiger partial charge in [0.1, 0.15) is 0 Å². The summed E-state index contributed by atoms with van der Waals surface area (Å²) in [4.78, 5) is 11.9. The molecule has 0 saturated carbocycles. The second-order valence-corrected chi connectivity index (χ2v) is 4.65. The number of anilines is 1. The highest BCUT2D eigenvalue weighted by molar-refractivity contribution is 5.92. The fourth-order valence-corrected chi connectivity index (χ4v) is 1.60. The lowest BCUT2D eigenvalue weighted by Gasteiger charge is -2.14. The van der Waals surface area contributed by atoms with E-state index in [4.69, 9.17) is 5.73 Å². The molecule has 1 aromatic carbocycles. The molecule has 3 N–H and O–H groups in total. The third kappa shape index (κ3) is 3.20. The number of amides is 1. The third-order valence-corrected chi connectivity index (χ3v) is 3.07. The van der Waals surface area contributed by atoms with Gasteiger partial charge in [-0.2, -0.15) is 5.10 Å². The van der Waals surface area contributed by atoms with Crippen LogP contribution in [-0.4, -0.2) is 21.7 Å². The molecule has 5 nitrogen and oxygen atoms in total. The number of hydrogen-bond donors (Lipinski definition) is 2. The van der Waals surface area contributed by atoms with Crippen molar-refractivity contribution >= 4 is 11.6 Å². The molecule has 2 rings (SSSR count). The smallest absolute Gasteiger partial charge is 0.228 e. The molecule has 1 aromatic heterocycles. The molecule has 0 spiro atoms. The summed E-state index contributed by atoms with van der Waals surface area (Å²) < 4.78 is 1.71. The highest BCUT2D eigenvalue weighted by atomic mass is 16.1. The van der Waals surface area contributed by atoms with E-state index in [1.807, 2.05) is 44.2 Å². The Morgan fingerprint density at radius 1 is 1.32 bits per heavy atom. The minimum atomic E-state index is -0.236. The molecule has 0 aliphatic heterocycles. The molecule has 0 aliphatic carbocycles. The van der Waals surface area contributed by atoms with Crippen LogP contribution in [0, 0.1) is 5.92 Å². The van der Waals surface area contributed by atoms with E-state index in [1.54, 1.807) is 17.1 Å². The number of nitrogens with two attached hydrogens (primary N) is 1. The van der Waals surface area contributed by atoms with E-state index >= 15 is 0 Å². The summed E-state index contributed by atoms with van der Waals surface area (Å²) in [5.74, 6) is -0.331. The summed E-state index contributed by atoms with van der Waals surface area (Å²) in [6, 6.07) is 9.54. The van der Waals surface area contributed by atoms with Crippen molar-refractivity contribution in [2.24, 2.45) is 11.7 Å². The zero-order valence-corrected chi connectivity index (χ0v) is 11.1. The van der Waals surface area contributed by atoms with Crippen molar-refractivity contribution in [3.8, 4) is 5.69 Å². The van der Waals surface area contributed by atoms with Crippen molar-refractivity contribution in [1.82, 2.24) is 9.78 Å². The first-order valence-electron chi connectivity index (χ1n) is 6.24. The summed E-state index contributed by atoms with van der Waals surface area (Å²) in [5, 5.41) is 7.03. The van der Waals surface area contributed by atoms with Crippen LogP contribution in [-0.2, 0) is 4.79 Å². The number of para-hydroxylation sites is 1. The first-order valence-corrected chi connectivity index (χ1v) is 6.24. The number of hydrogen-bond acceptors (Lipinski definition) is 3. The molecule has 1 heterocycles. The molecule has 5 heteroatoms. The van der Waals surface area contributed by atoms with Gasteiger partial charge in [-0.15, -0.1) is 0 Å². The average molecular weight is 258 g/mol. The number of rotatable bonds is 4. The van der Waals surface area contributed by atoms with Gasteiger partial charge in [-0.3, -0.25) is 4.79 Å². The van der Waals surface area contributed by atoms with E-state index in [9.17, 15) is 4.79 Å². The number of aromatic nitrogens is 2. The molecule has 0 bridgehead atoms. The zero-order valence-electron chi connectivity index (χ0n) is 11.1. The Kier molecular flexibility index (Phi) is 3.97. The number of carbonyl (C=O) groups excluding carboxylic acids is 1. The van der Waals surface area contributed by atoms with Crippen molar-refractivity contribution in [2.45, 2.75) is 19.9 Å². The summed E-state index contributed by atoms with van der Waals surface area (Å²) in [6.07, 6.45) is 3.40. The maximum absolute atomic E-state index is 11.9. The molecule has 19 heavy (non-hydrogen) atoms. The van der Waals surface area contributed by atoms with Crippen molar-refractivity contribution in [3.05, 3.63) is 42.7 Å². The number of nitrogens with one attached hydrogen (secondary N) is 1. The first kappa shape index (κ1) is 13.3. The molecule has 2 unspecified atom stereocenters. The van der Waals surface area contributed by atoms with Gasteiger partial charge in [-0.1, -0.05) is 25.1 Å². The molecule has 0 radical (unpaired) electrons. The quantitative estimate of drug-likeness (QED) is 0.878. The average Bonchev–Trinajstić information content (AvgIpc) is 2.87. The minimum absolute atomic E-state index is 0.0948. The molecule has 2 atom stereocenters. The van der Waals surface area contributed by atoms with Gasteiger partial charge < -0.3 is 11.1 Å². The van der Waals surface area contributed by atoms with Gasteiger partial charge in [0.05, 0.1) is 29.7 Å². The Hall–Kier alpha value is -2.14. The molecular formula is C14H18N4O. The van der Waals surface area contributed by atoms with E-state index in [1.165, 1.54) is 0 Å². The van der Waals surface area contributed by atoms with Crippen LogP contribution in [0.3, 0.4) is 0 Å². The van der Waals surface area contributed by atoms with Crippen LogP contribution in [0.25, 0.3) is 5.69 Å². The van der Waals surface area contributed by atoms with Crippen molar-refractivity contribution in [2.75, 3.05) is 5.32 Å². The Labute approximate surface area is 112 Å². The van der Waals surface area contributed by atoms with Gasteiger partial charge in [0.2, 0.25) is 5.91 Å². The van der Waals surface area contributed by atoms with E-state index in [0.717, 1.165) is 5.69 Å². The lowest BCUT2D eigenvalue weighted by molar-refractivity contribution is -0.119. The highest BCUT2D eigenvalue weighted by Gasteiger charge is 2.17. The Morgan fingerprint density at radius 2 is 2.00 bits per heavy atom. The SMILES string of the molecule is CC(N)C(C)C(=O)Nc1cnn(-c2ccccc2)c1. The highest BCUT2D eigenvalue weighted by Crippen LogP contribution is 2.12. The Morgan fingerprint density at radius 3 is 2.63 bits per heavy atom. The topological polar surface area (TPSA) is 72.9 Å². The molecule has 100 valence electrons. The Balaban J connectivity index is 2.08. The second kappa shape index (κ2) is 5.67. The lowest BCUT2D eigenvalue weighted by Crippen LogP contribution is -2.34. The van der Waals surface area contributed by atoms with Crippen molar-refractivity contribution in [3.63, 3.8) is 0 Å². The number of nitrogens with zero attached hydrogens (tertiary/aromatic N) is 2. The lowest BCUT2D eigenvalue weighted by atomic mass is 10.0. The standard InChI is InChI=1S/C14H18N4O/c1-10(11(2)15)14(19)17-12-8-16-18(9-12)13-6-4-3-5-7-13/h3-11H,15H2,1-2H3,(H,17,19). The number of carbonyl (C=O) groups is 1. The van der Waals surface area contributed by atoms with Gasteiger partial charge in [-0.05, 0) is 19.1 Å². The summed E-state index contributed by atoms with van der Waals surface area (Å²) >= 11 is 0. The van der Waals surface area contributed by atoms with Crippen LogP contribution in [0.5, 0.6) is 0 Å². The van der Waals surface area contributed by atoms with Gasteiger partial charge in [0, 0.05) is 6.04 Å². The molecule has 0 saturated heterocycles. The minimum Gasteiger partial charge on any atom is -0.327 e. The molecule has 2 aromatic rings. The van der Waals surface area contributed by atoms with Crippen LogP contribution >= 0.6 is 0 Å². The van der Waals surface area contributed by atoms with Gasteiger partial charge in [0.25, 0.3) is 0 Å². The van der Waals surface area contributed by atoms with E-state index < -0.39 is 0 Å². The molecule has 0 aliphatic rings. The van der Waals surface area contributed by atoms with E-state index in [0.29, 0.717) is 5.69 Å². The second-order valence-electron chi connectivity index (χ2n) is 4.65. The van der Waals surface area contributed by atoms with Crippen LogP contribution in [0.4, 0.5) is 5.69 Å². The van der Waals surface area contributed by atoms with Gasteiger partial charge >= 0.3 is 0 Å². The fraction of sp³-hybridized carbons (Fsp3) is 0.286. The van der Waals surface area contributed by atoms with Crippen molar-refractivity contribution < 1.29 is 4.79 Å². The largest absolute Gasteiger partial charge is 0.327 e. The maximum atomic E-state index is 11.9. The monoisotopic (exact) mass is 258 g/mol. The zero-order chi connectivity index (χ0) is 13.8. The molecule has 1 amide bonds. The summed E-state index contributed by atoms with van der Waals surface area (Å²) in [7, 11) is 0. The van der Waals surface area contributed by atoms with Gasteiger partial charge in [-0.25, -0.2) is 4.68 Å². The van der Waals surface area contributed by atoms with Crippen LogP contribution in [0.15, 0.2) is 42.7 Å². The fourth-order valence-electron chi connectivity index (χ4n) is 1.60. The number of benzene rings is 1. The third-order valence-electron chi connectivity index (χ3n) is 3.07. The van der Waals surface area contributed by atoms with Crippen LogP contribution in [0.1, 0.15) is 13.8 Å². The van der Waals surface area contributed by atoms with E-state index in [2.05, 4.69) is 10.4 Å². The van der Waals surface area contributed by atoms with Crippen LogP contribution < -0.4 is 11.1 Å². The molecular weight excluding hydrogens is 240 g/mol. The predicted octanol–water partition coefficient (Wildman–Crippen LogP) is 1.79. The normalized spacial score (nSPS) is 13.8. The van der Waals surface area contributed by atoms with E-state index in [-0.39, 0.29) is 17.9 Å².